The molecule has 0 saturated heterocycles. The van der Waals surface area contributed by atoms with Crippen molar-refractivity contribution in [3.05, 3.63) is 53.9 Å². The van der Waals surface area contributed by atoms with Gasteiger partial charge in [-0.1, -0.05) is 0 Å². The van der Waals surface area contributed by atoms with Gasteiger partial charge in [0, 0.05) is 12.7 Å². The number of benzene rings is 1. The van der Waals surface area contributed by atoms with Gasteiger partial charge in [0.2, 0.25) is 0 Å². The highest BCUT2D eigenvalue weighted by molar-refractivity contribution is 5.85. The molecule has 2 aromatic rings. The van der Waals surface area contributed by atoms with Gasteiger partial charge in [-0.3, -0.25) is 0 Å². The summed E-state index contributed by atoms with van der Waals surface area (Å²) in [6.45, 7) is 0. The summed E-state index contributed by atoms with van der Waals surface area (Å²) in [4.78, 5) is 16.4. The zero-order valence-corrected chi connectivity index (χ0v) is 10.2. The third kappa shape index (κ3) is 2.69. The molecule has 0 aliphatic heterocycles. The third-order valence-electron chi connectivity index (χ3n) is 2.74. The first kappa shape index (κ1) is 12.6. The van der Waals surface area contributed by atoms with Crippen LogP contribution in [0, 0.1) is 11.3 Å². The van der Waals surface area contributed by atoms with Crippen molar-refractivity contribution in [2.45, 2.75) is 0 Å². The topological polar surface area (TPSA) is 77.2 Å². The molecule has 0 aliphatic rings. The Morgan fingerprint density at radius 1 is 1.21 bits per heavy atom. The summed E-state index contributed by atoms with van der Waals surface area (Å²) in [5.74, 6) is -1.05. The smallest absolute Gasteiger partial charge is 0.354 e. The molecule has 0 fully saturated rings. The molecule has 0 unspecified atom stereocenters. The van der Waals surface area contributed by atoms with E-state index >= 15 is 0 Å². The van der Waals surface area contributed by atoms with E-state index < -0.39 is 5.97 Å². The first-order valence-corrected chi connectivity index (χ1v) is 5.55. The number of hydrogen-bond acceptors (Lipinski definition) is 4. The molecule has 0 atom stereocenters. The Kier molecular flexibility index (Phi) is 3.44. The van der Waals surface area contributed by atoms with Gasteiger partial charge in [0.25, 0.3) is 0 Å². The van der Waals surface area contributed by atoms with Gasteiger partial charge in [-0.05, 0) is 36.4 Å². The first-order valence-electron chi connectivity index (χ1n) is 5.55. The minimum atomic E-state index is -1.05. The number of aromatic nitrogens is 1. The van der Waals surface area contributed by atoms with Crippen molar-refractivity contribution in [3.63, 3.8) is 0 Å². The highest BCUT2D eigenvalue weighted by Gasteiger charge is 2.07. The molecule has 5 nitrogen and oxygen atoms in total. The summed E-state index contributed by atoms with van der Waals surface area (Å²) < 4.78 is 0. The Morgan fingerprint density at radius 3 is 2.32 bits per heavy atom. The minimum Gasteiger partial charge on any atom is -0.477 e. The predicted octanol–water partition coefficient (Wildman–Crippen LogP) is 2.42. The van der Waals surface area contributed by atoms with E-state index in [0.717, 1.165) is 11.4 Å². The number of carboxylic acid groups (broad SMARTS) is 1. The lowest BCUT2D eigenvalue weighted by Gasteiger charge is -2.19. The SMILES string of the molecule is CN(c1ccc(C#N)cc1)c1ccc(C(=O)O)nc1. The van der Waals surface area contributed by atoms with E-state index in [0.29, 0.717) is 5.56 Å². The summed E-state index contributed by atoms with van der Waals surface area (Å²) in [5.41, 5.74) is 2.27. The average molecular weight is 253 g/mol. The fraction of sp³-hybridized carbons (Fsp3) is 0.0714. The fourth-order valence-electron chi connectivity index (χ4n) is 1.62. The summed E-state index contributed by atoms with van der Waals surface area (Å²) in [6.07, 6.45) is 1.50. The summed E-state index contributed by atoms with van der Waals surface area (Å²) in [6, 6.07) is 12.3. The number of rotatable bonds is 3. The number of carbonyl (C=O) groups is 1. The molecular weight excluding hydrogens is 242 g/mol. The number of anilines is 2. The zero-order chi connectivity index (χ0) is 13.8. The van der Waals surface area contributed by atoms with Crippen molar-refractivity contribution in [1.29, 1.82) is 5.26 Å². The number of carboxylic acids is 1. The molecule has 0 spiro atoms. The lowest BCUT2D eigenvalue weighted by atomic mass is 10.2. The Bertz CT molecular complexity index is 627. The van der Waals surface area contributed by atoms with Crippen LogP contribution >= 0.6 is 0 Å². The number of pyridine rings is 1. The summed E-state index contributed by atoms with van der Waals surface area (Å²) in [7, 11) is 1.85. The van der Waals surface area contributed by atoms with E-state index in [2.05, 4.69) is 11.1 Å². The van der Waals surface area contributed by atoms with Crippen LogP contribution in [0.15, 0.2) is 42.6 Å². The van der Waals surface area contributed by atoms with E-state index in [1.165, 1.54) is 12.3 Å². The fourth-order valence-corrected chi connectivity index (χ4v) is 1.62. The van der Waals surface area contributed by atoms with Gasteiger partial charge < -0.3 is 10.0 Å². The minimum absolute atomic E-state index is 0.0111. The van der Waals surface area contributed by atoms with Gasteiger partial charge in [-0.2, -0.15) is 5.26 Å². The number of hydrogen-bond donors (Lipinski definition) is 1. The lowest BCUT2D eigenvalue weighted by Crippen LogP contribution is -2.10. The second kappa shape index (κ2) is 5.19. The van der Waals surface area contributed by atoms with Crippen LogP contribution in [-0.2, 0) is 0 Å². The molecular formula is C14H11N3O2. The van der Waals surface area contributed by atoms with Gasteiger partial charge in [0.15, 0.2) is 0 Å². The maximum absolute atomic E-state index is 10.7. The predicted molar refractivity (Wildman–Crippen MR) is 70.4 cm³/mol. The molecule has 2 rings (SSSR count). The average Bonchev–Trinajstić information content (AvgIpc) is 2.46. The number of nitriles is 1. The normalized spacial score (nSPS) is 9.68. The van der Waals surface area contributed by atoms with Crippen molar-refractivity contribution in [2.75, 3.05) is 11.9 Å². The Labute approximate surface area is 110 Å². The maximum atomic E-state index is 10.7. The van der Waals surface area contributed by atoms with Crippen LogP contribution in [0.2, 0.25) is 0 Å². The van der Waals surface area contributed by atoms with Crippen LogP contribution in [0.3, 0.4) is 0 Å². The van der Waals surface area contributed by atoms with Crippen molar-refractivity contribution >= 4 is 17.3 Å². The number of nitrogens with zero attached hydrogens (tertiary/aromatic N) is 3. The monoisotopic (exact) mass is 253 g/mol. The molecule has 0 radical (unpaired) electrons. The molecule has 1 aromatic carbocycles. The highest BCUT2D eigenvalue weighted by atomic mass is 16.4. The van der Waals surface area contributed by atoms with Gasteiger partial charge >= 0.3 is 5.97 Å². The van der Waals surface area contributed by atoms with Crippen LogP contribution in [-0.4, -0.2) is 23.1 Å². The molecule has 1 heterocycles. The second-order valence-corrected chi connectivity index (χ2v) is 3.92. The molecule has 0 bridgehead atoms. The Morgan fingerprint density at radius 2 is 1.84 bits per heavy atom. The van der Waals surface area contributed by atoms with E-state index in [1.54, 1.807) is 18.2 Å². The quantitative estimate of drug-likeness (QED) is 0.908. The second-order valence-electron chi connectivity index (χ2n) is 3.92. The molecule has 1 aromatic heterocycles. The van der Waals surface area contributed by atoms with E-state index in [9.17, 15) is 4.79 Å². The van der Waals surface area contributed by atoms with Crippen LogP contribution in [0.5, 0.6) is 0 Å². The highest BCUT2D eigenvalue weighted by Crippen LogP contribution is 2.22. The Balaban J connectivity index is 2.25. The molecule has 19 heavy (non-hydrogen) atoms. The third-order valence-corrected chi connectivity index (χ3v) is 2.74. The van der Waals surface area contributed by atoms with E-state index in [-0.39, 0.29) is 5.69 Å². The van der Waals surface area contributed by atoms with Crippen LogP contribution in [0.4, 0.5) is 11.4 Å². The first-order chi connectivity index (χ1) is 9.11. The van der Waals surface area contributed by atoms with Gasteiger partial charge in [0.1, 0.15) is 5.69 Å². The molecule has 0 saturated carbocycles. The van der Waals surface area contributed by atoms with Gasteiger partial charge in [0.05, 0.1) is 23.5 Å². The molecule has 1 N–H and O–H groups in total. The standard InChI is InChI=1S/C14H11N3O2/c1-17(11-4-2-10(8-15)3-5-11)12-6-7-13(14(18)19)16-9-12/h2-7,9H,1H3,(H,18,19). The van der Waals surface area contributed by atoms with Crippen LogP contribution in [0.1, 0.15) is 16.1 Å². The molecule has 0 aliphatic carbocycles. The molecule has 5 heteroatoms. The van der Waals surface area contributed by atoms with E-state index in [4.69, 9.17) is 10.4 Å². The van der Waals surface area contributed by atoms with Crippen molar-refractivity contribution in [1.82, 2.24) is 4.98 Å². The zero-order valence-electron chi connectivity index (χ0n) is 10.2. The van der Waals surface area contributed by atoms with Crippen LogP contribution < -0.4 is 4.90 Å². The Hall–Kier alpha value is -2.87. The van der Waals surface area contributed by atoms with Crippen LogP contribution in [0.25, 0.3) is 0 Å². The molecule has 0 amide bonds. The van der Waals surface area contributed by atoms with Crippen molar-refractivity contribution < 1.29 is 9.90 Å². The van der Waals surface area contributed by atoms with Crippen molar-refractivity contribution in [2.24, 2.45) is 0 Å². The van der Waals surface area contributed by atoms with Gasteiger partial charge in [-0.15, -0.1) is 0 Å². The largest absolute Gasteiger partial charge is 0.477 e. The molecule has 94 valence electrons. The summed E-state index contributed by atoms with van der Waals surface area (Å²) >= 11 is 0. The van der Waals surface area contributed by atoms with Crippen molar-refractivity contribution in [3.8, 4) is 6.07 Å². The van der Waals surface area contributed by atoms with Gasteiger partial charge in [-0.25, -0.2) is 9.78 Å². The number of aromatic carboxylic acids is 1. The van der Waals surface area contributed by atoms with E-state index in [1.807, 2.05) is 24.1 Å². The maximum Gasteiger partial charge on any atom is 0.354 e. The summed E-state index contributed by atoms with van der Waals surface area (Å²) in [5, 5.41) is 17.5. The lowest BCUT2D eigenvalue weighted by molar-refractivity contribution is 0.0690.